The number of fused-ring (bicyclic) bond motifs is 1. The molecule has 0 saturated carbocycles. The van der Waals surface area contributed by atoms with Crippen molar-refractivity contribution in [3.63, 3.8) is 0 Å². The molecule has 4 aromatic rings. The van der Waals surface area contributed by atoms with Crippen molar-refractivity contribution in [1.29, 1.82) is 0 Å². The van der Waals surface area contributed by atoms with Crippen molar-refractivity contribution >= 4 is 23.4 Å². The number of carbonyl (C=O) groups excluding carboxylic acids is 3. The number of nitrogens with one attached hydrogen (secondary N) is 2. The van der Waals surface area contributed by atoms with Gasteiger partial charge < -0.3 is 21.1 Å². The molecule has 8 nitrogen and oxygen atoms in total. The minimum Gasteiger partial charge on any atom is -0.497 e. The van der Waals surface area contributed by atoms with Crippen LogP contribution in [0.5, 0.6) is 5.75 Å². The summed E-state index contributed by atoms with van der Waals surface area (Å²) in [5.74, 6) is -4.47. The van der Waals surface area contributed by atoms with E-state index in [1.807, 2.05) is 0 Å². The largest absolute Gasteiger partial charge is 0.497 e. The summed E-state index contributed by atoms with van der Waals surface area (Å²) in [6.45, 7) is 0. The summed E-state index contributed by atoms with van der Waals surface area (Å²) in [7, 11) is 1.50. The predicted molar refractivity (Wildman–Crippen MR) is 148 cm³/mol. The fourth-order valence-corrected chi connectivity index (χ4v) is 5.08. The summed E-state index contributed by atoms with van der Waals surface area (Å²) in [5.41, 5.74) is 7.51. The van der Waals surface area contributed by atoms with E-state index in [4.69, 9.17) is 10.5 Å². The zero-order chi connectivity index (χ0) is 30.0. The summed E-state index contributed by atoms with van der Waals surface area (Å²) in [6.07, 6.45) is 1.18. The fourth-order valence-electron chi connectivity index (χ4n) is 5.08. The van der Waals surface area contributed by atoms with E-state index in [2.05, 4.69) is 15.6 Å². The highest BCUT2D eigenvalue weighted by Crippen LogP contribution is 2.37. The van der Waals surface area contributed by atoms with Gasteiger partial charge in [-0.2, -0.15) is 0 Å². The molecule has 0 bridgehead atoms. The number of ether oxygens (including phenoxy) is 1. The van der Waals surface area contributed by atoms with Gasteiger partial charge in [0.1, 0.15) is 23.2 Å². The number of hydrogen-bond acceptors (Lipinski definition) is 5. The summed E-state index contributed by atoms with van der Waals surface area (Å²) in [4.78, 5) is 42.4. The second-order valence-corrected chi connectivity index (χ2v) is 9.80. The van der Waals surface area contributed by atoms with Crippen LogP contribution in [-0.4, -0.2) is 29.8 Å². The lowest BCUT2D eigenvalue weighted by atomic mass is 9.93. The molecule has 214 valence electrons. The number of aromatic nitrogens is 1. The van der Waals surface area contributed by atoms with Crippen LogP contribution in [0.1, 0.15) is 45.6 Å². The number of anilines is 1. The summed E-state index contributed by atoms with van der Waals surface area (Å²) in [6, 6.07) is 14.2. The highest BCUT2D eigenvalue weighted by molar-refractivity contribution is 6.05. The van der Waals surface area contributed by atoms with Crippen molar-refractivity contribution in [1.82, 2.24) is 10.3 Å². The molecule has 1 aromatic heterocycles. The number of carbonyl (C=O) groups is 3. The number of nitrogens with zero attached hydrogens (tertiary/aromatic N) is 1. The van der Waals surface area contributed by atoms with Crippen LogP contribution in [0.4, 0.5) is 18.9 Å². The first-order chi connectivity index (χ1) is 20.1. The Morgan fingerprint density at radius 3 is 2.52 bits per heavy atom. The highest BCUT2D eigenvalue weighted by Gasteiger charge is 2.33. The zero-order valence-electron chi connectivity index (χ0n) is 22.3. The minimum atomic E-state index is -0.965. The lowest BCUT2D eigenvalue weighted by molar-refractivity contribution is -0.125. The molecule has 0 fully saturated rings. The number of amides is 3. The van der Waals surface area contributed by atoms with Crippen molar-refractivity contribution < 1.29 is 32.3 Å². The monoisotopic (exact) mass is 574 g/mol. The molecule has 3 amide bonds. The highest BCUT2D eigenvalue weighted by atomic mass is 19.1. The van der Waals surface area contributed by atoms with Crippen molar-refractivity contribution in [2.75, 3.05) is 12.4 Å². The van der Waals surface area contributed by atoms with Gasteiger partial charge in [0.25, 0.3) is 5.91 Å². The normalized spacial score (nSPS) is 14.6. The fraction of sp³-hybridized carbons (Fsp3) is 0.161. The third-order valence-corrected chi connectivity index (χ3v) is 7.01. The third kappa shape index (κ3) is 5.95. The maximum atomic E-state index is 14.2. The maximum absolute atomic E-state index is 14.2. The lowest BCUT2D eigenvalue weighted by Crippen LogP contribution is -2.33. The Balaban J connectivity index is 1.50. The van der Waals surface area contributed by atoms with Gasteiger partial charge >= 0.3 is 0 Å². The van der Waals surface area contributed by atoms with Gasteiger partial charge in [-0.05, 0) is 59.5 Å². The molecule has 1 aliphatic rings. The molecule has 2 heterocycles. The molecule has 1 aliphatic heterocycles. The maximum Gasteiger partial charge on any atom is 0.251 e. The molecule has 0 saturated heterocycles. The smallest absolute Gasteiger partial charge is 0.251 e. The standard InChI is InChI=1S/C31H25F3N4O4/c1-42-20-5-6-22-23(31(41)38-26(22)14-20)15-28(39)37-27(11-16-9-18(32)13-19(33)10-16)29-21(3-2-8-36-29)17-4-7-25(34)24(12-17)30(35)40/h2-10,12-14,23,27H,11,15H2,1H3,(H2,35,40)(H,37,39)(H,38,41)/t23?,27-/m0/s1. The Morgan fingerprint density at radius 1 is 1.05 bits per heavy atom. The van der Waals surface area contributed by atoms with E-state index in [1.165, 1.54) is 25.4 Å². The van der Waals surface area contributed by atoms with Crippen molar-refractivity contribution in [2.45, 2.75) is 24.8 Å². The van der Waals surface area contributed by atoms with Gasteiger partial charge in [0.2, 0.25) is 11.8 Å². The molecule has 0 aliphatic carbocycles. The molecule has 5 rings (SSSR count). The predicted octanol–water partition coefficient (Wildman–Crippen LogP) is 4.80. The van der Waals surface area contributed by atoms with E-state index >= 15 is 0 Å². The Kier molecular flexibility index (Phi) is 7.92. The van der Waals surface area contributed by atoms with Gasteiger partial charge in [0.05, 0.1) is 30.3 Å². The quantitative estimate of drug-likeness (QED) is 0.265. The summed E-state index contributed by atoms with van der Waals surface area (Å²) < 4.78 is 47.6. The second kappa shape index (κ2) is 11.7. The molecule has 11 heteroatoms. The number of nitrogens with two attached hydrogens (primary N) is 1. The van der Waals surface area contributed by atoms with Crippen LogP contribution < -0.4 is 21.1 Å². The summed E-state index contributed by atoms with van der Waals surface area (Å²) in [5, 5.41) is 5.62. The van der Waals surface area contributed by atoms with E-state index in [9.17, 15) is 27.6 Å². The third-order valence-electron chi connectivity index (χ3n) is 7.01. The van der Waals surface area contributed by atoms with Gasteiger partial charge in [-0.3, -0.25) is 19.4 Å². The van der Waals surface area contributed by atoms with Gasteiger partial charge in [0, 0.05) is 36.0 Å². The first kappa shape index (κ1) is 28.3. The Bertz CT molecular complexity index is 1690. The van der Waals surface area contributed by atoms with Gasteiger partial charge in [-0.25, -0.2) is 13.2 Å². The molecule has 4 N–H and O–H groups in total. The van der Waals surface area contributed by atoms with Crippen LogP contribution in [0.15, 0.2) is 72.9 Å². The molecule has 42 heavy (non-hydrogen) atoms. The molecule has 2 atom stereocenters. The first-order valence-electron chi connectivity index (χ1n) is 12.9. The number of rotatable bonds is 9. The van der Waals surface area contributed by atoms with Crippen LogP contribution in [0.25, 0.3) is 11.1 Å². The number of primary amides is 1. The molecule has 1 unspecified atom stereocenters. The molecular formula is C31H25F3N4O4. The number of halogens is 3. The number of pyridine rings is 1. The zero-order valence-corrected chi connectivity index (χ0v) is 22.3. The van der Waals surface area contributed by atoms with Crippen LogP contribution in [-0.2, 0) is 16.0 Å². The molecule has 0 radical (unpaired) electrons. The lowest BCUT2D eigenvalue weighted by Gasteiger charge is -2.22. The molecular weight excluding hydrogens is 549 g/mol. The Morgan fingerprint density at radius 2 is 1.81 bits per heavy atom. The Labute approximate surface area is 238 Å². The first-order valence-corrected chi connectivity index (χ1v) is 12.9. The average molecular weight is 575 g/mol. The van der Waals surface area contributed by atoms with Gasteiger partial charge in [0.15, 0.2) is 0 Å². The van der Waals surface area contributed by atoms with Crippen molar-refractivity contribution in [3.8, 4) is 16.9 Å². The van der Waals surface area contributed by atoms with E-state index in [0.29, 0.717) is 33.8 Å². The van der Waals surface area contributed by atoms with Crippen molar-refractivity contribution in [3.05, 3.63) is 113 Å². The SMILES string of the molecule is COc1ccc2c(c1)NC(=O)C2CC(=O)N[C@@H](Cc1cc(F)cc(F)c1)c1ncccc1-c1ccc(F)c(C(N)=O)c1. The van der Waals surface area contributed by atoms with Crippen LogP contribution >= 0.6 is 0 Å². The van der Waals surface area contributed by atoms with Gasteiger partial charge in [-0.1, -0.05) is 18.2 Å². The number of methoxy groups -OCH3 is 1. The Hall–Kier alpha value is -5.19. The van der Waals surface area contributed by atoms with E-state index in [1.54, 1.807) is 30.3 Å². The molecule has 0 spiro atoms. The second-order valence-electron chi connectivity index (χ2n) is 9.80. The van der Waals surface area contributed by atoms with Crippen LogP contribution in [0.2, 0.25) is 0 Å². The van der Waals surface area contributed by atoms with Gasteiger partial charge in [-0.15, -0.1) is 0 Å². The summed E-state index contributed by atoms with van der Waals surface area (Å²) >= 11 is 0. The topological polar surface area (TPSA) is 123 Å². The number of benzene rings is 3. The molecule has 3 aromatic carbocycles. The van der Waals surface area contributed by atoms with Crippen LogP contribution in [0.3, 0.4) is 0 Å². The minimum absolute atomic E-state index is 0.0705. The number of hydrogen-bond donors (Lipinski definition) is 3. The van der Waals surface area contributed by atoms with E-state index in [-0.39, 0.29) is 29.9 Å². The average Bonchev–Trinajstić information content (AvgIpc) is 3.25. The van der Waals surface area contributed by atoms with Crippen LogP contribution in [0, 0.1) is 17.5 Å². The van der Waals surface area contributed by atoms with Crippen molar-refractivity contribution in [2.24, 2.45) is 5.73 Å². The van der Waals surface area contributed by atoms with E-state index < -0.39 is 41.2 Å². The van der Waals surface area contributed by atoms with E-state index in [0.717, 1.165) is 24.3 Å².